The second-order valence-corrected chi connectivity index (χ2v) is 6.37. The van der Waals surface area contributed by atoms with Crippen LogP contribution in [0.5, 0.6) is 0 Å². The van der Waals surface area contributed by atoms with E-state index < -0.39 is 0 Å². The molecule has 25 heavy (non-hydrogen) atoms. The van der Waals surface area contributed by atoms with Crippen molar-refractivity contribution in [2.45, 2.75) is 38.3 Å². The summed E-state index contributed by atoms with van der Waals surface area (Å²) in [4.78, 5) is 38.0. The Morgan fingerprint density at radius 1 is 1.32 bits per heavy atom. The van der Waals surface area contributed by atoms with Crippen LogP contribution in [0.2, 0.25) is 0 Å². The highest BCUT2D eigenvalue weighted by molar-refractivity contribution is 5.91. The van der Waals surface area contributed by atoms with Crippen LogP contribution in [0, 0.1) is 5.92 Å². The van der Waals surface area contributed by atoms with Crippen LogP contribution < -0.4 is 5.32 Å². The van der Waals surface area contributed by atoms with E-state index in [-0.39, 0.29) is 30.1 Å². The third-order valence-corrected chi connectivity index (χ3v) is 4.45. The molecule has 3 heterocycles. The van der Waals surface area contributed by atoms with Crippen molar-refractivity contribution < 1.29 is 14.1 Å². The average molecular weight is 342 g/mol. The van der Waals surface area contributed by atoms with Gasteiger partial charge in [-0.2, -0.15) is 4.98 Å². The molecule has 0 bridgehead atoms. The van der Waals surface area contributed by atoms with Crippen molar-refractivity contribution in [3.63, 3.8) is 0 Å². The van der Waals surface area contributed by atoms with Gasteiger partial charge >= 0.3 is 0 Å². The van der Waals surface area contributed by atoms with Gasteiger partial charge in [0.15, 0.2) is 5.82 Å². The Balaban J connectivity index is 1.38. The molecule has 1 saturated carbocycles. The van der Waals surface area contributed by atoms with E-state index in [1.807, 2.05) is 4.90 Å². The van der Waals surface area contributed by atoms with Gasteiger partial charge in [0.25, 0.3) is 5.91 Å². The predicted octanol–water partition coefficient (Wildman–Crippen LogP) is 0.863. The molecule has 130 valence electrons. The van der Waals surface area contributed by atoms with Gasteiger partial charge in [-0.1, -0.05) is 5.16 Å². The number of nitrogens with zero attached hydrogens (tertiary/aromatic N) is 5. The Morgan fingerprint density at radius 3 is 2.96 bits per heavy atom. The Morgan fingerprint density at radius 2 is 2.20 bits per heavy atom. The smallest absolute Gasteiger partial charge is 0.271 e. The van der Waals surface area contributed by atoms with E-state index in [2.05, 4.69) is 25.4 Å². The highest BCUT2D eigenvalue weighted by Gasteiger charge is 2.38. The van der Waals surface area contributed by atoms with Gasteiger partial charge in [-0.15, -0.1) is 0 Å². The van der Waals surface area contributed by atoms with Gasteiger partial charge in [0.1, 0.15) is 11.7 Å². The maximum atomic E-state index is 12.1. The van der Waals surface area contributed by atoms with Crippen LogP contribution in [0.3, 0.4) is 0 Å². The van der Waals surface area contributed by atoms with E-state index in [0.29, 0.717) is 30.5 Å². The molecule has 1 aliphatic heterocycles. The van der Waals surface area contributed by atoms with Crippen molar-refractivity contribution in [2.75, 3.05) is 6.54 Å². The fourth-order valence-electron chi connectivity index (χ4n) is 2.94. The number of aromatic nitrogens is 4. The first kappa shape index (κ1) is 15.7. The van der Waals surface area contributed by atoms with Crippen LogP contribution >= 0.6 is 0 Å². The molecule has 9 heteroatoms. The minimum Gasteiger partial charge on any atom is -0.343 e. The number of carbonyl (C=O) groups is 2. The zero-order valence-electron chi connectivity index (χ0n) is 13.6. The average Bonchev–Trinajstić information content (AvgIpc) is 3.22. The third kappa shape index (κ3) is 3.49. The first-order chi connectivity index (χ1) is 12.2. The van der Waals surface area contributed by atoms with Crippen LogP contribution in [-0.2, 0) is 11.3 Å². The molecule has 0 radical (unpaired) electrons. The van der Waals surface area contributed by atoms with E-state index in [4.69, 9.17) is 4.52 Å². The van der Waals surface area contributed by atoms with Crippen molar-refractivity contribution in [1.29, 1.82) is 0 Å². The van der Waals surface area contributed by atoms with Crippen molar-refractivity contribution in [2.24, 2.45) is 5.92 Å². The Labute approximate surface area is 143 Å². The summed E-state index contributed by atoms with van der Waals surface area (Å²) in [7, 11) is 0. The molecule has 1 N–H and O–H groups in total. The molecule has 1 aliphatic carbocycles. The monoisotopic (exact) mass is 342 g/mol. The quantitative estimate of drug-likeness (QED) is 0.828. The fourth-order valence-corrected chi connectivity index (χ4v) is 2.94. The molecular formula is C16H18N6O3. The highest BCUT2D eigenvalue weighted by atomic mass is 16.5. The maximum absolute atomic E-state index is 12.1. The molecule has 4 rings (SSSR count). The van der Waals surface area contributed by atoms with Gasteiger partial charge in [0, 0.05) is 25.4 Å². The van der Waals surface area contributed by atoms with Gasteiger partial charge in [0.2, 0.25) is 11.8 Å². The lowest BCUT2D eigenvalue weighted by molar-refractivity contribution is -0.129. The molecule has 2 aromatic heterocycles. The predicted molar refractivity (Wildman–Crippen MR) is 83.9 cm³/mol. The lowest BCUT2D eigenvalue weighted by Crippen LogP contribution is -2.30. The lowest BCUT2D eigenvalue weighted by Gasteiger charge is -2.21. The number of hydrogen-bond acceptors (Lipinski definition) is 7. The highest BCUT2D eigenvalue weighted by Crippen LogP contribution is 2.37. The summed E-state index contributed by atoms with van der Waals surface area (Å²) in [5.41, 5.74) is 0.225. The fraction of sp³-hybridized carbons (Fsp3) is 0.500. The molecule has 2 fully saturated rings. The van der Waals surface area contributed by atoms with Gasteiger partial charge in [0.05, 0.1) is 12.7 Å². The molecule has 9 nitrogen and oxygen atoms in total. The summed E-state index contributed by atoms with van der Waals surface area (Å²) in [5.74, 6) is 1.21. The zero-order valence-corrected chi connectivity index (χ0v) is 13.6. The molecule has 2 amide bonds. The van der Waals surface area contributed by atoms with Gasteiger partial charge in [-0.3, -0.25) is 14.6 Å². The van der Waals surface area contributed by atoms with E-state index in [0.717, 1.165) is 6.54 Å². The Bertz CT molecular complexity index is 773. The number of carbonyl (C=O) groups excluding carboxylic acids is 2. The van der Waals surface area contributed by atoms with E-state index in [1.54, 1.807) is 0 Å². The normalized spacial score (nSPS) is 20.1. The van der Waals surface area contributed by atoms with E-state index in [1.165, 1.54) is 31.4 Å². The van der Waals surface area contributed by atoms with Gasteiger partial charge in [-0.25, -0.2) is 4.98 Å². The molecule has 1 atom stereocenters. The number of hydrogen-bond donors (Lipinski definition) is 1. The van der Waals surface area contributed by atoms with E-state index in [9.17, 15) is 9.59 Å². The first-order valence-corrected chi connectivity index (χ1v) is 8.37. The third-order valence-electron chi connectivity index (χ3n) is 4.45. The minimum atomic E-state index is -0.356. The zero-order chi connectivity index (χ0) is 17.2. The SMILES string of the molecule is O=C(NCc1noc([C@@H]2CCC(=O)N2CC2CC2)n1)c1cnccn1. The molecule has 0 unspecified atom stereocenters. The second-order valence-electron chi connectivity index (χ2n) is 6.37. The van der Waals surface area contributed by atoms with Crippen molar-refractivity contribution in [1.82, 2.24) is 30.3 Å². The topological polar surface area (TPSA) is 114 Å². The lowest BCUT2D eigenvalue weighted by atomic mass is 10.2. The summed E-state index contributed by atoms with van der Waals surface area (Å²) >= 11 is 0. The van der Waals surface area contributed by atoms with Crippen LogP contribution in [0.15, 0.2) is 23.1 Å². The van der Waals surface area contributed by atoms with E-state index >= 15 is 0 Å². The van der Waals surface area contributed by atoms with Crippen LogP contribution in [0.4, 0.5) is 0 Å². The largest absolute Gasteiger partial charge is 0.343 e. The first-order valence-electron chi connectivity index (χ1n) is 8.37. The molecule has 0 aromatic carbocycles. The van der Waals surface area contributed by atoms with Crippen molar-refractivity contribution >= 4 is 11.8 Å². The summed E-state index contributed by atoms with van der Waals surface area (Å²) in [6, 6.07) is -0.148. The molecule has 1 saturated heterocycles. The van der Waals surface area contributed by atoms with Gasteiger partial charge < -0.3 is 14.7 Å². The Kier molecular flexibility index (Phi) is 4.12. The molecular weight excluding hydrogens is 324 g/mol. The minimum absolute atomic E-state index is 0.127. The van der Waals surface area contributed by atoms with Crippen LogP contribution in [0.1, 0.15) is 53.9 Å². The second kappa shape index (κ2) is 6.58. The standard InChI is InChI=1S/C16H18N6O3/c23-14-4-3-12(22(14)9-10-1-2-10)16-20-13(21-25-16)8-19-15(24)11-7-17-5-6-18-11/h5-7,10,12H,1-4,8-9H2,(H,19,24)/t12-/m0/s1. The number of likely N-dealkylation sites (tertiary alicyclic amines) is 1. The summed E-state index contributed by atoms with van der Waals surface area (Å²) in [6.45, 7) is 0.896. The van der Waals surface area contributed by atoms with Crippen LogP contribution in [-0.4, -0.2) is 43.4 Å². The maximum Gasteiger partial charge on any atom is 0.271 e. The Hall–Kier alpha value is -2.84. The van der Waals surface area contributed by atoms with Crippen molar-refractivity contribution in [3.8, 4) is 0 Å². The number of amides is 2. The number of nitrogens with one attached hydrogen (secondary N) is 1. The number of rotatable bonds is 6. The van der Waals surface area contributed by atoms with Crippen molar-refractivity contribution in [3.05, 3.63) is 36.0 Å². The summed E-state index contributed by atoms with van der Waals surface area (Å²) in [6.07, 6.45) is 7.90. The van der Waals surface area contributed by atoms with Crippen LogP contribution in [0.25, 0.3) is 0 Å². The summed E-state index contributed by atoms with van der Waals surface area (Å²) in [5, 5.41) is 6.58. The molecule has 2 aromatic rings. The molecule has 0 spiro atoms. The molecule has 2 aliphatic rings. The van der Waals surface area contributed by atoms with Gasteiger partial charge in [-0.05, 0) is 25.2 Å². The summed E-state index contributed by atoms with van der Waals surface area (Å²) < 4.78 is 5.33.